The van der Waals surface area contributed by atoms with Crippen LogP contribution in [0.5, 0.6) is 0 Å². The number of hydrogen-bond acceptors (Lipinski definition) is 3. The average molecular weight is 209 g/mol. The number of aliphatic hydroxyl groups is 1. The molecule has 0 aromatic rings. The second-order valence-corrected chi connectivity index (χ2v) is 5.63. The highest BCUT2D eigenvalue weighted by Crippen LogP contribution is 2.01. The number of aliphatic hydroxyl groups excluding tert-OH is 1. The summed E-state index contributed by atoms with van der Waals surface area (Å²) in [4.78, 5) is 0. The third kappa shape index (κ3) is 8.21. The van der Waals surface area contributed by atoms with Gasteiger partial charge in [0.2, 0.25) is 10.0 Å². The van der Waals surface area contributed by atoms with E-state index in [1.54, 1.807) is 6.92 Å². The molecule has 0 saturated heterocycles. The maximum atomic E-state index is 11.2. The molecule has 5 heteroatoms. The smallest absolute Gasteiger partial charge is 0.211 e. The maximum Gasteiger partial charge on any atom is 0.211 e. The molecule has 80 valence electrons. The van der Waals surface area contributed by atoms with E-state index in [-0.39, 0.29) is 12.3 Å². The number of nitrogens with one attached hydrogen (secondary N) is 1. The van der Waals surface area contributed by atoms with Crippen LogP contribution in [-0.4, -0.2) is 31.9 Å². The minimum Gasteiger partial charge on any atom is -0.392 e. The van der Waals surface area contributed by atoms with Crippen molar-refractivity contribution in [2.24, 2.45) is 5.92 Å². The highest BCUT2D eigenvalue weighted by Gasteiger charge is 2.11. The Hall–Kier alpha value is -0.130. The molecule has 0 heterocycles. The minimum atomic E-state index is -3.18. The van der Waals surface area contributed by atoms with Crippen LogP contribution in [0, 0.1) is 5.92 Å². The first kappa shape index (κ1) is 12.9. The van der Waals surface area contributed by atoms with Crippen molar-refractivity contribution in [3.05, 3.63) is 0 Å². The molecule has 4 nitrogen and oxygen atoms in total. The monoisotopic (exact) mass is 209 g/mol. The molecule has 13 heavy (non-hydrogen) atoms. The van der Waals surface area contributed by atoms with Gasteiger partial charge in [0.15, 0.2) is 0 Å². The average Bonchev–Trinajstić information content (AvgIpc) is 1.98. The second-order valence-electron chi connectivity index (χ2n) is 3.70. The van der Waals surface area contributed by atoms with Crippen LogP contribution in [0.15, 0.2) is 0 Å². The molecule has 0 amide bonds. The van der Waals surface area contributed by atoms with E-state index in [9.17, 15) is 8.42 Å². The summed E-state index contributed by atoms with van der Waals surface area (Å²) >= 11 is 0. The summed E-state index contributed by atoms with van der Waals surface area (Å²) < 4.78 is 24.8. The third-order valence-electron chi connectivity index (χ3n) is 1.56. The van der Waals surface area contributed by atoms with Crippen LogP contribution < -0.4 is 4.72 Å². The highest BCUT2D eigenvalue weighted by atomic mass is 32.2. The molecule has 0 bridgehead atoms. The standard InChI is InChI=1S/C8H19NO3S/c1-7(2)4-5-13(11,12)9-6-8(3)10/h7-10H,4-6H2,1-3H3. The van der Waals surface area contributed by atoms with Gasteiger partial charge < -0.3 is 5.11 Å². The first-order chi connectivity index (χ1) is 5.83. The highest BCUT2D eigenvalue weighted by molar-refractivity contribution is 7.89. The molecule has 0 aromatic carbocycles. The summed E-state index contributed by atoms with van der Waals surface area (Å²) in [7, 11) is -3.18. The largest absolute Gasteiger partial charge is 0.392 e. The minimum absolute atomic E-state index is 0.0976. The van der Waals surface area contributed by atoms with Crippen molar-refractivity contribution >= 4 is 10.0 Å². The van der Waals surface area contributed by atoms with Crippen LogP contribution in [-0.2, 0) is 10.0 Å². The molecule has 0 rings (SSSR count). The topological polar surface area (TPSA) is 66.4 Å². The van der Waals surface area contributed by atoms with Crippen molar-refractivity contribution in [3.8, 4) is 0 Å². The number of rotatable bonds is 6. The molecule has 0 aliphatic carbocycles. The molecule has 0 aromatic heterocycles. The lowest BCUT2D eigenvalue weighted by Gasteiger charge is -2.09. The molecule has 0 fully saturated rings. The van der Waals surface area contributed by atoms with Crippen molar-refractivity contribution in [2.75, 3.05) is 12.3 Å². The van der Waals surface area contributed by atoms with Gasteiger partial charge in [0.05, 0.1) is 11.9 Å². The van der Waals surface area contributed by atoms with Crippen LogP contribution in [0.25, 0.3) is 0 Å². The van der Waals surface area contributed by atoms with E-state index in [1.807, 2.05) is 13.8 Å². The molecular formula is C8H19NO3S. The van der Waals surface area contributed by atoms with Gasteiger partial charge in [-0.2, -0.15) is 0 Å². The maximum absolute atomic E-state index is 11.2. The van der Waals surface area contributed by atoms with Crippen LogP contribution >= 0.6 is 0 Å². The van der Waals surface area contributed by atoms with Crippen LogP contribution in [0.1, 0.15) is 27.2 Å². The first-order valence-corrected chi connectivity index (χ1v) is 6.14. The van der Waals surface area contributed by atoms with Gasteiger partial charge in [0.1, 0.15) is 0 Å². The summed E-state index contributed by atoms with van der Waals surface area (Å²) in [6.07, 6.45) is 0.0172. The van der Waals surface area contributed by atoms with E-state index >= 15 is 0 Å². The zero-order valence-electron chi connectivity index (χ0n) is 8.45. The number of hydrogen-bond donors (Lipinski definition) is 2. The summed E-state index contributed by atoms with van der Waals surface area (Å²) in [5, 5.41) is 8.87. The second kappa shape index (κ2) is 5.57. The van der Waals surface area contributed by atoms with Gasteiger partial charge in [-0.3, -0.25) is 0 Å². The van der Waals surface area contributed by atoms with E-state index < -0.39 is 16.1 Å². The predicted octanol–water partition coefficient (Wildman–Crippen LogP) is 0.333. The molecule has 1 atom stereocenters. The van der Waals surface area contributed by atoms with E-state index in [0.717, 1.165) is 0 Å². The van der Waals surface area contributed by atoms with Crippen molar-refractivity contribution in [1.82, 2.24) is 4.72 Å². The molecule has 2 N–H and O–H groups in total. The van der Waals surface area contributed by atoms with E-state index in [0.29, 0.717) is 12.3 Å². The van der Waals surface area contributed by atoms with Crippen molar-refractivity contribution < 1.29 is 13.5 Å². The fraction of sp³-hybridized carbons (Fsp3) is 1.00. The summed E-state index contributed by atoms with van der Waals surface area (Å²) in [5.74, 6) is 0.514. The summed E-state index contributed by atoms with van der Waals surface area (Å²) in [6.45, 7) is 5.60. The zero-order chi connectivity index (χ0) is 10.5. The van der Waals surface area contributed by atoms with E-state index in [4.69, 9.17) is 5.11 Å². The Kier molecular flexibility index (Phi) is 5.51. The third-order valence-corrected chi connectivity index (χ3v) is 2.94. The van der Waals surface area contributed by atoms with Crippen LogP contribution in [0.2, 0.25) is 0 Å². The SMILES string of the molecule is CC(C)CCS(=O)(=O)NCC(C)O. The Morgan fingerprint density at radius 1 is 1.31 bits per heavy atom. The summed E-state index contributed by atoms with van der Waals surface area (Å²) in [6, 6.07) is 0. The van der Waals surface area contributed by atoms with Crippen LogP contribution in [0.3, 0.4) is 0 Å². The Bertz CT molecular complexity index is 204. The quantitative estimate of drug-likeness (QED) is 0.662. The van der Waals surface area contributed by atoms with E-state index in [2.05, 4.69) is 4.72 Å². The lowest BCUT2D eigenvalue weighted by atomic mass is 10.2. The Morgan fingerprint density at radius 3 is 2.23 bits per heavy atom. The Balaban J connectivity index is 3.81. The lowest BCUT2D eigenvalue weighted by molar-refractivity contribution is 0.198. The van der Waals surface area contributed by atoms with Gasteiger partial charge in [-0.25, -0.2) is 13.1 Å². The van der Waals surface area contributed by atoms with Crippen LogP contribution in [0.4, 0.5) is 0 Å². The normalized spacial score (nSPS) is 14.8. The molecule has 0 aliphatic rings. The molecule has 0 spiro atoms. The van der Waals surface area contributed by atoms with Gasteiger partial charge in [-0.15, -0.1) is 0 Å². The van der Waals surface area contributed by atoms with Gasteiger partial charge in [-0.1, -0.05) is 13.8 Å². The number of sulfonamides is 1. The van der Waals surface area contributed by atoms with Gasteiger partial charge >= 0.3 is 0 Å². The molecular weight excluding hydrogens is 190 g/mol. The van der Waals surface area contributed by atoms with Gasteiger partial charge in [0.25, 0.3) is 0 Å². The Morgan fingerprint density at radius 2 is 1.85 bits per heavy atom. The van der Waals surface area contributed by atoms with Gasteiger partial charge in [-0.05, 0) is 19.3 Å². The summed E-state index contributed by atoms with van der Waals surface area (Å²) in [5.41, 5.74) is 0. The van der Waals surface area contributed by atoms with E-state index in [1.165, 1.54) is 0 Å². The molecule has 1 unspecified atom stereocenters. The molecule has 0 radical (unpaired) electrons. The van der Waals surface area contributed by atoms with Crippen molar-refractivity contribution in [3.63, 3.8) is 0 Å². The van der Waals surface area contributed by atoms with Gasteiger partial charge in [0, 0.05) is 6.54 Å². The predicted molar refractivity (Wildman–Crippen MR) is 52.9 cm³/mol. The van der Waals surface area contributed by atoms with Crippen molar-refractivity contribution in [2.45, 2.75) is 33.3 Å². The lowest BCUT2D eigenvalue weighted by Crippen LogP contribution is -2.32. The fourth-order valence-electron chi connectivity index (χ4n) is 0.711. The Labute approximate surface area is 80.4 Å². The van der Waals surface area contributed by atoms with Crippen molar-refractivity contribution in [1.29, 1.82) is 0 Å². The zero-order valence-corrected chi connectivity index (χ0v) is 9.26. The first-order valence-electron chi connectivity index (χ1n) is 4.49. The fourth-order valence-corrected chi connectivity index (χ4v) is 2.13. The molecule has 0 saturated carbocycles. The molecule has 0 aliphatic heterocycles.